The molecular formula is C26H28F3N3O5. The molecule has 0 radical (unpaired) electrons. The average Bonchev–Trinajstić information content (AvgIpc) is 2.84. The number of carboxylic acid groups (broad SMARTS) is 1. The molecule has 0 unspecified atom stereocenters. The van der Waals surface area contributed by atoms with Gasteiger partial charge in [0.1, 0.15) is 6.10 Å². The maximum Gasteiger partial charge on any atom is 0.418 e. The van der Waals surface area contributed by atoms with Gasteiger partial charge in [-0.2, -0.15) is 13.2 Å². The molecule has 1 saturated carbocycles. The lowest BCUT2D eigenvalue weighted by atomic mass is 9.85. The predicted molar refractivity (Wildman–Crippen MR) is 129 cm³/mol. The second kappa shape index (κ2) is 11.1. The number of nitrogens with one attached hydrogen (secondary N) is 2. The van der Waals surface area contributed by atoms with Crippen molar-refractivity contribution in [2.45, 2.75) is 57.3 Å². The summed E-state index contributed by atoms with van der Waals surface area (Å²) in [6.07, 6.45) is -1.80. The third kappa shape index (κ3) is 6.93. The Kier molecular flexibility index (Phi) is 7.89. The first-order valence-corrected chi connectivity index (χ1v) is 12.1. The molecule has 1 heterocycles. The van der Waals surface area contributed by atoms with E-state index in [2.05, 4.69) is 10.6 Å². The van der Waals surface area contributed by atoms with Crippen LogP contribution < -0.4 is 10.6 Å². The van der Waals surface area contributed by atoms with Gasteiger partial charge in [0.05, 0.1) is 11.3 Å². The highest BCUT2D eigenvalue weighted by atomic mass is 19.4. The van der Waals surface area contributed by atoms with Crippen molar-refractivity contribution in [3.05, 3.63) is 59.2 Å². The minimum Gasteiger partial charge on any atom is -0.481 e. The van der Waals surface area contributed by atoms with E-state index in [-0.39, 0.29) is 24.1 Å². The molecule has 4 rings (SSSR count). The fourth-order valence-electron chi connectivity index (χ4n) is 4.83. The summed E-state index contributed by atoms with van der Waals surface area (Å²) < 4.78 is 45.1. The number of carbonyl (C=O) groups is 3. The Morgan fingerprint density at radius 3 is 2.43 bits per heavy atom. The summed E-state index contributed by atoms with van der Waals surface area (Å²) in [5.74, 6) is -0.684. The number of aliphatic carboxylic acids is 1. The van der Waals surface area contributed by atoms with E-state index < -0.39 is 29.8 Å². The molecule has 2 aromatic carbocycles. The van der Waals surface area contributed by atoms with Crippen LogP contribution in [0.4, 0.5) is 34.1 Å². The second-order valence-electron chi connectivity index (χ2n) is 9.40. The van der Waals surface area contributed by atoms with E-state index in [1.807, 2.05) is 0 Å². The average molecular weight is 520 g/mol. The number of anilines is 2. The Hall–Kier alpha value is -3.76. The minimum absolute atomic E-state index is 0.124. The quantitative estimate of drug-likeness (QED) is 0.457. The number of fused-ring (bicyclic) bond motifs is 1. The Bertz CT molecular complexity index is 1160. The first-order chi connectivity index (χ1) is 17.6. The van der Waals surface area contributed by atoms with Gasteiger partial charge in [0, 0.05) is 25.2 Å². The van der Waals surface area contributed by atoms with Crippen LogP contribution in [0.1, 0.15) is 48.8 Å². The van der Waals surface area contributed by atoms with Crippen molar-refractivity contribution in [3.63, 3.8) is 0 Å². The topological polar surface area (TPSA) is 108 Å². The van der Waals surface area contributed by atoms with Gasteiger partial charge in [-0.05, 0) is 73.4 Å². The number of ether oxygens (including phenoxy) is 1. The lowest BCUT2D eigenvalue weighted by Crippen LogP contribution is -2.39. The number of hydrogen-bond donors (Lipinski definition) is 3. The van der Waals surface area contributed by atoms with Crippen molar-refractivity contribution in [2.24, 2.45) is 5.92 Å². The molecule has 1 aliphatic carbocycles. The fraction of sp³-hybridized carbons (Fsp3) is 0.423. The zero-order chi connectivity index (χ0) is 26.6. The number of rotatable bonds is 5. The summed E-state index contributed by atoms with van der Waals surface area (Å²) in [4.78, 5) is 37.5. The van der Waals surface area contributed by atoms with Gasteiger partial charge in [-0.3, -0.25) is 4.79 Å². The van der Waals surface area contributed by atoms with Gasteiger partial charge in [0.15, 0.2) is 0 Å². The number of carbonyl (C=O) groups excluding carboxylic acids is 2. The zero-order valence-electron chi connectivity index (χ0n) is 20.0. The Labute approximate surface area is 211 Å². The van der Waals surface area contributed by atoms with E-state index in [0.717, 1.165) is 30.0 Å². The highest BCUT2D eigenvalue weighted by Gasteiger charge is 2.33. The molecule has 0 spiro atoms. The molecular weight excluding hydrogens is 491 g/mol. The molecule has 0 saturated heterocycles. The SMILES string of the molecule is O=C(O)CC1CCC(OC(=O)N2CCc3cc(NC(=O)Nc4ccccc4C(F)(F)F)ccc3C2)CC1. The molecule has 8 nitrogen and oxygen atoms in total. The van der Waals surface area contributed by atoms with E-state index in [1.165, 1.54) is 18.2 Å². The van der Waals surface area contributed by atoms with Crippen LogP contribution in [-0.4, -0.2) is 40.7 Å². The number of urea groups is 1. The summed E-state index contributed by atoms with van der Waals surface area (Å²) >= 11 is 0. The highest BCUT2D eigenvalue weighted by molar-refractivity contribution is 6.00. The molecule has 3 N–H and O–H groups in total. The van der Waals surface area contributed by atoms with Gasteiger partial charge in [-0.25, -0.2) is 9.59 Å². The second-order valence-corrected chi connectivity index (χ2v) is 9.40. The lowest BCUT2D eigenvalue weighted by Gasteiger charge is -2.32. The first-order valence-electron chi connectivity index (χ1n) is 12.1. The molecule has 37 heavy (non-hydrogen) atoms. The van der Waals surface area contributed by atoms with Crippen molar-refractivity contribution < 1.29 is 37.4 Å². The Morgan fingerprint density at radius 1 is 1.00 bits per heavy atom. The largest absolute Gasteiger partial charge is 0.481 e. The molecule has 2 aliphatic rings. The van der Waals surface area contributed by atoms with Crippen LogP contribution >= 0.6 is 0 Å². The number of benzene rings is 2. The molecule has 198 valence electrons. The van der Waals surface area contributed by atoms with Crippen LogP contribution in [0.2, 0.25) is 0 Å². The van der Waals surface area contributed by atoms with Crippen molar-refractivity contribution >= 4 is 29.5 Å². The minimum atomic E-state index is -4.59. The summed E-state index contributed by atoms with van der Waals surface area (Å²) in [6, 6.07) is 9.09. The monoisotopic (exact) mass is 519 g/mol. The summed E-state index contributed by atoms with van der Waals surface area (Å²) in [5, 5.41) is 13.7. The van der Waals surface area contributed by atoms with Crippen LogP contribution in [0.25, 0.3) is 0 Å². The first kappa shape index (κ1) is 26.3. The van der Waals surface area contributed by atoms with Gasteiger partial charge in [-0.15, -0.1) is 0 Å². The smallest absolute Gasteiger partial charge is 0.418 e. The zero-order valence-corrected chi connectivity index (χ0v) is 20.0. The highest BCUT2D eigenvalue weighted by Crippen LogP contribution is 2.35. The number of hydrogen-bond acceptors (Lipinski definition) is 4. The van der Waals surface area contributed by atoms with Gasteiger partial charge >= 0.3 is 24.3 Å². The molecule has 11 heteroatoms. The van der Waals surface area contributed by atoms with Crippen molar-refractivity contribution in [3.8, 4) is 0 Å². The summed E-state index contributed by atoms with van der Waals surface area (Å²) in [5.41, 5.74) is 0.967. The van der Waals surface area contributed by atoms with Crippen molar-refractivity contribution in [1.82, 2.24) is 4.90 Å². The molecule has 1 aliphatic heterocycles. The Morgan fingerprint density at radius 2 is 1.73 bits per heavy atom. The van der Waals surface area contributed by atoms with Crippen LogP contribution in [0.3, 0.4) is 0 Å². The lowest BCUT2D eigenvalue weighted by molar-refractivity contribution is -0.139. The van der Waals surface area contributed by atoms with Crippen LogP contribution in [0, 0.1) is 5.92 Å². The Balaban J connectivity index is 1.30. The summed E-state index contributed by atoms with van der Waals surface area (Å²) in [6.45, 7) is 0.767. The third-order valence-corrected chi connectivity index (χ3v) is 6.74. The van der Waals surface area contributed by atoms with E-state index in [4.69, 9.17) is 9.84 Å². The molecule has 0 atom stereocenters. The normalized spacial score (nSPS) is 19.5. The maximum atomic E-state index is 13.2. The number of halogens is 3. The van der Waals surface area contributed by atoms with Gasteiger partial charge < -0.3 is 25.4 Å². The molecule has 1 fully saturated rings. The maximum absolute atomic E-state index is 13.2. The molecule has 0 bridgehead atoms. The van der Waals surface area contributed by atoms with Gasteiger partial charge in [0.25, 0.3) is 0 Å². The number of nitrogens with zero attached hydrogens (tertiary/aromatic N) is 1. The van der Waals surface area contributed by atoms with Crippen LogP contribution in [0.5, 0.6) is 0 Å². The van der Waals surface area contributed by atoms with E-state index in [0.29, 0.717) is 38.0 Å². The van der Waals surface area contributed by atoms with E-state index >= 15 is 0 Å². The number of carboxylic acids is 1. The van der Waals surface area contributed by atoms with Gasteiger partial charge in [0.2, 0.25) is 0 Å². The summed E-state index contributed by atoms with van der Waals surface area (Å²) in [7, 11) is 0. The molecule has 3 amide bonds. The predicted octanol–water partition coefficient (Wildman–Crippen LogP) is 5.88. The molecule has 0 aromatic heterocycles. The van der Waals surface area contributed by atoms with E-state index in [9.17, 15) is 27.6 Å². The van der Waals surface area contributed by atoms with Crippen molar-refractivity contribution in [2.75, 3.05) is 17.2 Å². The van der Waals surface area contributed by atoms with Crippen LogP contribution in [0.15, 0.2) is 42.5 Å². The van der Waals surface area contributed by atoms with Crippen molar-refractivity contribution in [1.29, 1.82) is 0 Å². The standard InChI is InChI=1S/C26H28F3N3O5/c27-26(28,29)21-3-1-2-4-22(21)31-24(35)30-19-8-7-18-15-32(12-11-17(18)14-19)25(36)37-20-9-5-16(6-10-20)13-23(33)34/h1-4,7-8,14,16,20H,5-6,9-13,15H2,(H,33,34)(H2,30,31,35). The number of para-hydroxylation sites is 1. The number of amides is 3. The number of alkyl halides is 3. The van der Waals surface area contributed by atoms with Crippen LogP contribution in [-0.2, 0) is 28.7 Å². The van der Waals surface area contributed by atoms with Gasteiger partial charge in [-0.1, -0.05) is 18.2 Å². The fourth-order valence-corrected chi connectivity index (χ4v) is 4.83. The van der Waals surface area contributed by atoms with E-state index in [1.54, 1.807) is 23.1 Å². The third-order valence-electron chi connectivity index (χ3n) is 6.74. The molecule has 2 aromatic rings.